The molecule has 0 aliphatic carbocycles. The summed E-state index contributed by atoms with van der Waals surface area (Å²) < 4.78 is 29.1. The molecule has 8 heteroatoms. The van der Waals surface area contributed by atoms with Crippen LogP contribution in [0.15, 0.2) is 18.3 Å². The first-order valence-corrected chi connectivity index (χ1v) is 9.41. The number of hydrogen-bond donors (Lipinski definition) is 0. The fourth-order valence-electron chi connectivity index (χ4n) is 2.42. The standard InChI is InChI=1S/C15H23N3O4S/c1-4-23(20,21)11-14(19)18-9-7-12(10-18)22-13-6-5-8-16-15(13)17(2)3/h5-6,8,12H,4,7,9-11H2,1-3H3/t12-/m0/s1. The Kier molecular flexibility index (Phi) is 5.46. The average molecular weight is 341 g/mol. The molecular weight excluding hydrogens is 318 g/mol. The third-order valence-electron chi connectivity index (χ3n) is 3.75. The lowest BCUT2D eigenvalue weighted by Gasteiger charge is -2.20. The van der Waals surface area contributed by atoms with Crippen molar-refractivity contribution in [1.29, 1.82) is 0 Å². The molecule has 1 aromatic heterocycles. The van der Waals surface area contributed by atoms with Crippen molar-refractivity contribution in [3.63, 3.8) is 0 Å². The minimum absolute atomic E-state index is 0.0195. The van der Waals surface area contributed by atoms with Crippen molar-refractivity contribution in [2.24, 2.45) is 0 Å². The lowest BCUT2D eigenvalue weighted by molar-refractivity contribution is -0.127. The van der Waals surface area contributed by atoms with Gasteiger partial charge in [-0.15, -0.1) is 0 Å². The van der Waals surface area contributed by atoms with E-state index in [1.54, 1.807) is 24.1 Å². The lowest BCUT2D eigenvalue weighted by Crippen LogP contribution is -2.35. The number of sulfone groups is 1. The van der Waals surface area contributed by atoms with Gasteiger partial charge in [-0.25, -0.2) is 13.4 Å². The van der Waals surface area contributed by atoms with Gasteiger partial charge in [-0.05, 0) is 12.1 Å². The first kappa shape index (κ1) is 17.5. The second kappa shape index (κ2) is 7.16. The molecule has 0 aromatic carbocycles. The predicted octanol–water partition coefficient (Wildman–Crippen LogP) is 0.562. The van der Waals surface area contributed by atoms with Crippen LogP contribution in [0.5, 0.6) is 5.75 Å². The van der Waals surface area contributed by atoms with Crippen molar-refractivity contribution < 1.29 is 17.9 Å². The second-order valence-electron chi connectivity index (χ2n) is 5.76. The van der Waals surface area contributed by atoms with E-state index < -0.39 is 15.6 Å². The number of nitrogens with zero attached hydrogens (tertiary/aromatic N) is 3. The maximum Gasteiger partial charge on any atom is 0.237 e. The van der Waals surface area contributed by atoms with Gasteiger partial charge in [-0.1, -0.05) is 6.92 Å². The molecule has 0 bridgehead atoms. The number of carbonyl (C=O) groups excluding carboxylic acids is 1. The first-order valence-electron chi connectivity index (χ1n) is 7.59. The monoisotopic (exact) mass is 341 g/mol. The number of ether oxygens (including phenoxy) is 1. The Morgan fingerprint density at radius 2 is 2.22 bits per heavy atom. The minimum Gasteiger partial charge on any atom is -0.485 e. The third-order valence-corrected chi connectivity index (χ3v) is 5.32. The van der Waals surface area contributed by atoms with Gasteiger partial charge in [0.1, 0.15) is 11.9 Å². The molecule has 0 saturated carbocycles. The Morgan fingerprint density at radius 3 is 2.87 bits per heavy atom. The van der Waals surface area contributed by atoms with E-state index in [1.807, 2.05) is 25.1 Å². The molecule has 1 atom stereocenters. The van der Waals surface area contributed by atoms with Gasteiger partial charge in [0.2, 0.25) is 5.91 Å². The first-order chi connectivity index (χ1) is 10.8. The van der Waals surface area contributed by atoms with Crippen LogP contribution in [0.25, 0.3) is 0 Å². The van der Waals surface area contributed by atoms with E-state index in [1.165, 1.54) is 0 Å². The van der Waals surface area contributed by atoms with Crippen LogP contribution < -0.4 is 9.64 Å². The molecule has 2 rings (SSSR count). The van der Waals surface area contributed by atoms with E-state index >= 15 is 0 Å². The van der Waals surface area contributed by atoms with Gasteiger partial charge >= 0.3 is 0 Å². The molecule has 1 amide bonds. The Morgan fingerprint density at radius 1 is 1.48 bits per heavy atom. The number of aromatic nitrogens is 1. The number of carbonyl (C=O) groups is 1. The zero-order valence-electron chi connectivity index (χ0n) is 13.7. The summed E-state index contributed by atoms with van der Waals surface area (Å²) in [7, 11) is 0.469. The molecule has 7 nitrogen and oxygen atoms in total. The zero-order valence-corrected chi connectivity index (χ0v) is 14.5. The zero-order chi connectivity index (χ0) is 17.0. The van der Waals surface area contributed by atoms with E-state index in [4.69, 9.17) is 4.74 Å². The highest BCUT2D eigenvalue weighted by atomic mass is 32.2. The molecule has 0 N–H and O–H groups in total. The van der Waals surface area contributed by atoms with E-state index in [0.29, 0.717) is 25.3 Å². The van der Waals surface area contributed by atoms with Gasteiger partial charge in [-0.2, -0.15) is 0 Å². The Bertz CT molecular complexity index is 660. The number of pyridine rings is 1. The molecule has 1 aliphatic heterocycles. The molecule has 0 unspecified atom stereocenters. The van der Waals surface area contributed by atoms with Crippen LogP contribution in [0, 0.1) is 0 Å². The fourth-order valence-corrected chi connectivity index (χ4v) is 3.18. The van der Waals surface area contributed by atoms with Crippen LogP contribution in [-0.2, 0) is 14.6 Å². The molecule has 1 aromatic rings. The molecule has 1 saturated heterocycles. The van der Waals surface area contributed by atoms with Crippen LogP contribution in [0.4, 0.5) is 5.82 Å². The van der Waals surface area contributed by atoms with Crippen LogP contribution >= 0.6 is 0 Å². The van der Waals surface area contributed by atoms with Gasteiger partial charge in [-0.3, -0.25) is 4.79 Å². The molecule has 0 radical (unpaired) electrons. The number of likely N-dealkylation sites (tertiary alicyclic amines) is 1. The van der Waals surface area contributed by atoms with E-state index in [2.05, 4.69) is 4.98 Å². The quantitative estimate of drug-likeness (QED) is 0.752. The van der Waals surface area contributed by atoms with Crippen molar-refractivity contribution in [3.05, 3.63) is 18.3 Å². The number of anilines is 1. The minimum atomic E-state index is -3.30. The van der Waals surface area contributed by atoms with Gasteiger partial charge in [0.15, 0.2) is 21.4 Å². The number of rotatable bonds is 6. The Balaban J connectivity index is 1.97. The highest BCUT2D eigenvalue weighted by molar-refractivity contribution is 7.92. The van der Waals surface area contributed by atoms with Gasteiger partial charge in [0, 0.05) is 39.0 Å². The maximum absolute atomic E-state index is 12.1. The normalized spacial score (nSPS) is 18.0. The number of amides is 1. The third kappa shape index (κ3) is 4.57. The summed E-state index contributed by atoms with van der Waals surface area (Å²) in [5.74, 6) is 0.598. The Hall–Kier alpha value is -1.83. The largest absolute Gasteiger partial charge is 0.485 e. The summed E-state index contributed by atoms with van der Waals surface area (Å²) in [6, 6.07) is 3.64. The Labute approximate surface area is 137 Å². The second-order valence-corrected chi connectivity index (χ2v) is 8.12. The molecule has 128 valence electrons. The fraction of sp³-hybridized carbons (Fsp3) is 0.600. The summed E-state index contributed by atoms with van der Waals surface area (Å²) in [6.45, 7) is 2.46. The van der Waals surface area contributed by atoms with E-state index in [9.17, 15) is 13.2 Å². The summed E-state index contributed by atoms with van der Waals surface area (Å²) in [5.41, 5.74) is 0. The summed E-state index contributed by atoms with van der Waals surface area (Å²) in [5, 5.41) is 0. The van der Waals surface area contributed by atoms with Crippen molar-refractivity contribution in [3.8, 4) is 5.75 Å². The van der Waals surface area contributed by atoms with Gasteiger partial charge in [0.25, 0.3) is 0 Å². The SMILES string of the molecule is CCS(=O)(=O)CC(=O)N1CC[C@H](Oc2cccnc2N(C)C)C1. The van der Waals surface area contributed by atoms with Crippen LogP contribution in [0.2, 0.25) is 0 Å². The van der Waals surface area contributed by atoms with Crippen molar-refractivity contribution in [2.75, 3.05) is 43.6 Å². The van der Waals surface area contributed by atoms with Crippen molar-refractivity contribution in [1.82, 2.24) is 9.88 Å². The predicted molar refractivity (Wildman–Crippen MR) is 88.5 cm³/mol. The van der Waals surface area contributed by atoms with Crippen LogP contribution in [-0.4, -0.2) is 69.0 Å². The lowest BCUT2D eigenvalue weighted by atomic mass is 10.3. The summed E-state index contributed by atoms with van der Waals surface area (Å²) >= 11 is 0. The van der Waals surface area contributed by atoms with Crippen molar-refractivity contribution in [2.45, 2.75) is 19.4 Å². The van der Waals surface area contributed by atoms with E-state index in [0.717, 1.165) is 5.82 Å². The topological polar surface area (TPSA) is 79.8 Å². The maximum atomic E-state index is 12.1. The van der Waals surface area contributed by atoms with Gasteiger partial charge < -0.3 is 14.5 Å². The smallest absolute Gasteiger partial charge is 0.237 e. The molecule has 1 fully saturated rings. The van der Waals surface area contributed by atoms with Gasteiger partial charge in [0.05, 0.1) is 6.54 Å². The average Bonchev–Trinajstić information content (AvgIpc) is 2.96. The van der Waals surface area contributed by atoms with Crippen LogP contribution in [0.1, 0.15) is 13.3 Å². The highest BCUT2D eigenvalue weighted by Crippen LogP contribution is 2.26. The van der Waals surface area contributed by atoms with E-state index in [-0.39, 0.29) is 17.8 Å². The number of hydrogen-bond acceptors (Lipinski definition) is 6. The molecule has 1 aliphatic rings. The summed E-state index contributed by atoms with van der Waals surface area (Å²) in [4.78, 5) is 19.8. The molecular formula is C15H23N3O4S. The highest BCUT2D eigenvalue weighted by Gasteiger charge is 2.30. The molecule has 2 heterocycles. The summed E-state index contributed by atoms with van der Waals surface area (Å²) in [6.07, 6.45) is 2.23. The molecule has 0 spiro atoms. The van der Waals surface area contributed by atoms with Crippen molar-refractivity contribution >= 4 is 21.6 Å². The molecule has 23 heavy (non-hydrogen) atoms. The van der Waals surface area contributed by atoms with Crippen LogP contribution in [0.3, 0.4) is 0 Å².